The van der Waals surface area contributed by atoms with Gasteiger partial charge >= 0.3 is 0 Å². The van der Waals surface area contributed by atoms with E-state index in [1.807, 2.05) is 0 Å². The van der Waals surface area contributed by atoms with Crippen molar-refractivity contribution in [2.24, 2.45) is 5.73 Å². The average molecular weight is 346 g/mol. The zero-order valence-corrected chi connectivity index (χ0v) is 14.9. The van der Waals surface area contributed by atoms with Gasteiger partial charge in [-0.3, -0.25) is 19.2 Å². The number of Topliss-reactive ketones (excluding diaryl/α,β-unsaturated/α-hetero) is 2. The Morgan fingerprint density at radius 3 is 1.76 bits per heavy atom. The summed E-state index contributed by atoms with van der Waals surface area (Å²) in [5.74, 6) is -0.742. The van der Waals surface area contributed by atoms with Crippen molar-refractivity contribution in [1.29, 1.82) is 0 Å². The molecule has 0 unspecified atom stereocenters. The van der Waals surface area contributed by atoms with Gasteiger partial charge in [0.1, 0.15) is 0 Å². The number of hydrogen-bond acceptors (Lipinski definition) is 4. The molecule has 3 N–H and O–H groups in total. The molecule has 0 heterocycles. The van der Waals surface area contributed by atoms with Crippen LogP contribution in [0.3, 0.4) is 0 Å². The molecular formula is C19H26N2O4. The molecule has 0 aliphatic rings. The highest BCUT2D eigenvalue weighted by atomic mass is 16.2. The summed E-state index contributed by atoms with van der Waals surface area (Å²) in [4.78, 5) is 45.7. The van der Waals surface area contributed by atoms with E-state index in [9.17, 15) is 19.2 Å². The van der Waals surface area contributed by atoms with Gasteiger partial charge in [-0.1, -0.05) is 19.3 Å². The monoisotopic (exact) mass is 346 g/mol. The van der Waals surface area contributed by atoms with Gasteiger partial charge in [-0.05, 0) is 44.9 Å². The third-order valence-corrected chi connectivity index (χ3v) is 3.86. The van der Waals surface area contributed by atoms with E-state index in [0.717, 1.165) is 32.1 Å². The van der Waals surface area contributed by atoms with Crippen LogP contribution in [-0.2, 0) is 9.59 Å². The normalized spacial score (nSPS) is 10.3. The van der Waals surface area contributed by atoms with E-state index >= 15 is 0 Å². The zero-order chi connectivity index (χ0) is 18.8. The molecule has 25 heavy (non-hydrogen) atoms. The molecule has 1 aromatic carbocycles. The fourth-order valence-electron chi connectivity index (χ4n) is 2.44. The van der Waals surface area contributed by atoms with Crippen LogP contribution < -0.4 is 11.1 Å². The molecule has 6 heteroatoms. The van der Waals surface area contributed by atoms with E-state index in [-0.39, 0.29) is 23.4 Å². The van der Waals surface area contributed by atoms with E-state index in [0.29, 0.717) is 29.7 Å². The maximum atomic E-state index is 12.0. The Hall–Kier alpha value is -2.50. The van der Waals surface area contributed by atoms with Gasteiger partial charge in [0.2, 0.25) is 11.8 Å². The number of hydrogen-bond donors (Lipinski definition) is 2. The van der Waals surface area contributed by atoms with Crippen LogP contribution in [0.15, 0.2) is 18.2 Å². The van der Waals surface area contributed by atoms with Gasteiger partial charge in [0, 0.05) is 29.7 Å². The van der Waals surface area contributed by atoms with Crippen LogP contribution in [0.2, 0.25) is 0 Å². The minimum atomic E-state index is -0.280. The fourth-order valence-corrected chi connectivity index (χ4v) is 2.44. The lowest BCUT2D eigenvalue weighted by molar-refractivity contribution is -0.118. The van der Waals surface area contributed by atoms with Gasteiger partial charge in [0.25, 0.3) is 0 Å². The topological polar surface area (TPSA) is 106 Å². The largest absolute Gasteiger partial charge is 0.370 e. The first-order valence-electron chi connectivity index (χ1n) is 8.54. The van der Waals surface area contributed by atoms with E-state index < -0.39 is 0 Å². The molecule has 0 atom stereocenters. The predicted molar refractivity (Wildman–Crippen MR) is 96.6 cm³/mol. The van der Waals surface area contributed by atoms with Gasteiger partial charge < -0.3 is 11.1 Å². The number of benzene rings is 1. The van der Waals surface area contributed by atoms with Gasteiger partial charge in [-0.2, -0.15) is 0 Å². The number of nitrogens with two attached hydrogens (primary N) is 1. The second-order valence-corrected chi connectivity index (χ2v) is 6.19. The first-order chi connectivity index (χ1) is 11.8. The minimum Gasteiger partial charge on any atom is -0.370 e. The summed E-state index contributed by atoms with van der Waals surface area (Å²) < 4.78 is 0. The van der Waals surface area contributed by atoms with Crippen LogP contribution in [0, 0.1) is 0 Å². The van der Waals surface area contributed by atoms with Crippen molar-refractivity contribution in [3.63, 3.8) is 0 Å². The van der Waals surface area contributed by atoms with E-state index in [1.54, 1.807) is 12.1 Å². The minimum absolute atomic E-state index is 0.146. The van der Waals surface area contributed by atoms with E-state index in [4.69, 9.17) is 5.73 Å². The second-order valence-electron chi connectivity index (χ2n) is 6.19. The fraction of sp³-hybridized carbons (Fsp3) is 0.474. The van der Waals surface area contributed by atoms with Crippen molar-refractivity contribution in [2.75, 3.05) is 5.32 Å². The Balaban J connectivity index is 2.45. The standard InChI is InChI=1S/C19H26N2O4/c1-13(22)15-10-16(14(2)23)12-17(11-15)21-19(25)9-7-5-3-4-6-8-18(20)24/h10-12H,3-9H2,1-2H3,(H2,20,24)(H,21,25). The number of carbonyl (C=O) groups excluding carboxylic acids is 4. The Morgan fingerprint density at radius 2 is 1.28 bits per heavy atom. The van der Waals surface area contributed by atoms with Gasteiger partial charge in [-0.15, -0.1) is 0 Å². The third kappa shape index (κ3) is 8.24. The van der Waals surface area contributed by atoms with Crippen molar-refractivity contribution in [3.8, 4) is 0 Å². The van der Waals surface area contributed by atoms with Gasteiger partial charge in [-0.25, -0.2) is 0 Å². The van der Waals surface area contributed by atoms with Crippen LogP contribution in [0.5, 0.6) is 0 Å². The molecule has 0 radical (unpaired) electrons. The summed E-state index contributed by atoms with van der Waals surface area (Å²) in [6.07, 6.45) is 5.09. The van der Waals surface area contributed by atoms with Crippen molar-refractivity contribution < 1.29 is 19.2 Å². The Labute approximate surface area is 148 Å². The maximum absolute atomic E-state index is 12.0. The summed E-state index contributed by atoms with van der Waals surface area (Å²) >= 11 is 0. The summed E-state index contributed by atoms with van der Waals surface area (Å²) in [7, 11) is 0. The molecule has 2 amide bonds. The number of nitrogens with one attached hydrogen (secondary N) is 1. The Bertz CT molecular complexity index is 621. The van der Waals surface area contributed by atoms with Crippen LogP contribution >= 0.6 is 0 Å². The SMILES string of the molecule is CC(=O)c1cc(NC(=O)CCCCCCCC(N)=O)cc(C(C)=O)c1. The number of primary amides is 1. The van der Waals surface area contributed by atoms with Crippen LogP contribution in [0.1, 0.15) is 79.5 Å². The summed E-state index contributed by atoms with van der Waals surface area (Å²) in [6.45, 7) is 2.84. The quantitative estimate of drug-likeness (QED) is 0.474. The summed E-state index contributed by atoms with van der Waals surface area (Å²) in [5.41, 5.74) is 6.33. The molecule has 0 aromatic heterocycles. The predicted octanol–water partition coefficient (Wildman–Crippen LogP) is 3.25. The molecule has 0 saturated heterocycles. The number of unbranched alkanes of at least 4 members (excludes halogenated alkanes) is 4. The highest BCUT2D eigenvalue weighted by Crippen LogP contribution is 2.17. The lowest BCUT2D eigenvalue weighted by Gasteiger charge is -2.09. The molecule has 0 aliphatic heterocycles. The molecule has 0 spiro atoms. The molecule has 136 valence electrons. The van der Waals surface area contributed by atoms with Crippen LogP contribution in [0.25, 0.3) is 0 Å². The van der Waals surface area contributed by atoms with Crippen molar-refractivity contribution in [1.82, 2.24) is 0 Å². The molecule has 6 nitrogen and oxygen atoms in total. The number of ketones is 2. The number of anilines is 1. The molecular weight excluding hydrogens is 320 g/mol. The zero-order valence-electron chi connectivity index (χ0n) is 14.9. The lowest BCUT2D eigenvalue weighted by Crippen LogP contribution is -2.12. The number of rotatable bonds is 11. The smallest absolute Gasteiger partial charge is 0.224 e. The summed E-state index contributed by atoms with van der Waals surface area (Å²) in [5, 5.41) is 2.74. The van der Waals surface area contributed by atoms with Crippen molar-refractivity contribution in [2.45, 2.75) is 58.8 Å². The number of amides is 2. The maximum Gasteiger partial charge on any atom is 0.224 e. The molecule has 0 aliphatic carbocycles. The molecule has 0 fully saturated rings. The second kappa shape index (κ2) is 10.4. The van der Waals surface area contributed by atoms with E-state index in [2.05, 4.69) is 5.32 Å². The number of carbonyl (C=O) groups is 4. The third-order valence-electron chi connectivity index (χ3n) is 3.86. The van der Waals surface area contributed by atoms with Crippen molar-refractivity contribution >= 4 is 29.1 Å². The molecule has 1 rings (SSSR count). The first kappa shape index (κ1) is 20.5. The Morgan fingerprint density at radius 1 is 0.800 bits per heavy atom. The first-order valence-corrected chi connectivity index (χ1v) is 8.54. The molecule has 1 aromatic rings. The molecule has 0 bridgehead atoms. The summed E-state index contributed by atoms with van der Waals surface area (Å²) in [6, 6.07) is 4.69. The van der Waals surface area contributed by atoms with Crippen molar-refractivity contribution in [3.05, 3.63) is 29.3 Å². The lowest BCUT2D eigenvalue weighted by atomic mass is 10.0. The Kier molecular flexibility index (Phi) is 8.53. The van der Waals surface area contributed by atoms with E-state index in [1.165, 1.54) is 19.9 Å². The highest BCUT2D eigenvalue weighted by molar-refractivity contribution is 6.02. The van der Waals surface area contributed by atoms with Gasteiger partial charge in [0.05, 0.1) is 0 Å². The van der Waals surface area contributed by atoms with Crippen LogP contribution in [0.4, 0.5) is 5.69 Å². The highest BCUT2D eigenvalue weighted by Gasteiger charge is 2.10. The van der Waals surface area contributed by atoms with Crippen LogP contribution in [-0.4, -0.2) is 23.4 Å². The molecule has 0 saturated carbocycles. The average Bonchev–Trinajstić information content (AvgIpc) is 2.53. The van der Waals surface area contributed by atoms with Gasteiger partial charge in [0.15, 0.2) is 11.6 Å².